The molecule has 1 aromatic heterocycles. The van der Waals surface area contributed by atoms with Gasteiger partial charge >= 0.3 is 0 Å². The summed E-state index contributed by atoms with van der Waals surface area (Å²) < 4.78 is 5.11. The standard InChI is InChI=1S/C13H18N6O/c1-19(2)13(14)15-8-11-16-12(18-17-11)9-4-6-10(20-3)7-5-9/h4-7H,8H2,1-3H3,(H2,14,15)(H,16,17,18). The summed E-state index contributed by atoms with van der Waals surface area (Å²) >= 11 is 0. The maximum absolute atomic E-state index is 5.71. The molecule has 0 saturated carbocycles. The van der Waals surface area contributed by atoms with Gasteiger partial charge in [-0.3, -0.25) is 5.10 Å². The minimum atomic E-state index is 0.368. The van der Waals surface area contributed by atoms with Crippen molar-refractivity contribution in [1.82, 2.24) is 20.1 Å². The third kappa shape index (κ3) is 3.25. The van der Waals surface area contributed by atoms with Gasteiger partial charge in [0.2, 0.25) is 0 Å². The molecule has 20 heavy (non-hydrogen) atoms. The molecule has 0 aliphatic carbocycles. The highest BCUT2D eigenvalue weighted by atomic mass is 16.5. The second-order valence-corrected chi connectivity index (χ2v) is 4.40. The summed E-state index contributed by atoms with van der Waals surface area (Å²) in [6, 6.07) is 7.55. The maximum atomic E-state index is 5.71. The van der Waals surface area contributed by atoms with Crippen LogP contribution in [0.5, 0.6) is 5.75 Å². The lowest BCUT2D eigenvalue weighted by Crippen LogP contribution is -2.30. The number of nitrogens with two attached hydrogens (primary N) is 1. The van der Waals surface area contributed by atoms with E-state index in [4.69, 9.17) is 10.5 Å². The molecule has 0 saturated heterocycles. The molecule has 7 heteroatoms. The largest absolute Gasteiger partial charge is 0.497 e. The quantitative estimate of drug-likeness (QED) is 0.637. The maximum Gasteiger partial charge on any atom is 0.191 e. The lowest BCUT2D eigenvalue weighted by molar-refractivity contribution is 0.415. The molecule has 1 aromatic carbocycles. The average molecular weight is 274 g/mol. The van der Waals surface area contributed by atoms with Crippen molar-refractivity contribution in [2.24, 2.45) is 10.7 Å². The fourth-order valence-electron chi connectivity index (χ4n) is 1.53. The number of hydrogen-bond acceptors (Lipinski definition) is 4. The first-order valence-corrected chi connectivity index (χ1v) is 6.13. The molecular weight excluding hydrogens is 256 g/mol. The van der Waals surface area contributed by atoms with Crippen molar-refractivity contribution in [3.8, 4) is 17.1 Å². The molecule has 0 amide bonds. The van der Waals surface area contributed by atoms with Crippen molar-refractivity contribution >= 4 is 5.96 Å². The smallest absolute Gasteiger partial charge is 0.191 e. The van der Waals surface area contributed by atoms with Gasteiger partial charge in [0.05, 0.1) is 7.11 Å². The van der Waals surface area contributed by atoms with Crippen molar-refractivity contribution in [2.75, 3.05) is 21.2 Å². The summed E-state index contributed by atoms with van der Waals surface area (Å²) in [4.78, 5) is 10.3. The Balaban J connectivity index is 2.10. The topological polar surface area (TPSA) is 92.4 Å². The van der Waals surface area contributed by atoms with E-state index in [0.717, 1.165) is 11.3 Å². The van der Waals surface area contributed by atoms with Crippen LogP contribution in [0.25, 0.3) is 11.4 Å². The van der Waals surface area contributed by atoms with Crippen molar-refractivity contribution in [2.45, 2.75) is 6.54 Å². The zero-order valence-electron chi connectivity index (χ0n) is 11.8. The van der Waals surface area contributed by atoms with Crippen LogP contribution in [0.1, 0.15) is 5.82 Å². The van der Waals surface area contributed by atoms with Crippen molar-refractivity contribution < 1.29 is 4.74 Å². The van der Waals surface area contributed by atoms with Crippen LogP contribution in [0, 0.1) is 0 Å². The number of benzene rings is 1. The van der Waals surface area contributed by atoms with Crippen LogP contribution < -0.4 is 10.5 Å². The number of rotatable bonds is 4. The molecule has 0 atom stereocenters. The summed E-state index contributed by atoms with van der Waals surface area (Å²) in [5.41, 5.74) is 6.63. The van der Waals surface area contributed by atoms with E-state index in [9.17, 15) is 0 Å². The third-order valence-electron chi connectivity index (χ3n) is 2.73. The molecule has 0 radical (unpaired) electrons. The van der Waals surface area contributed by atoms with E-state index in [2.05, 4.69) is 20.2 Å². The highest BCUT2D eigenvalue weighted by Crippen LogP contribution is 2.18. The Bertz CT molecular complexity index is 587. The molecule has 106 valence electrons. The molecular formula is C13H18N6O. The van der Waals surface area contributed by atoms with Crippen molar-refractivity contribution in [1.29, 1.82) is 0 Å². The van der Waals surface area contributed by atoms with Gasteiger partial charge < -0.3 is 15.4 Å². The normalized spacial score (nSPS) is 11.4. The predicted octanol–water partition coefficient (Wildman–Crippen LogP) is 0.857. The number of ether oxygens (including phenoxy) is 1. The second-order valence-electron chi connectivity index (χ2n) is 4.40. The van der Waals surface area contributed by atoms with Crippen molar-refractivity contribution in [3.05, 3.63) is 30.1 Å². The Kier molecular flexibility index (Phi) is 4.19. The number of methoxy groups -OCH3 is 1. The first kappa shape index (κ1) is 13.9. The number of aromatic amines is 1. The number of H-pyrrole nitrogens is 1. The fraction of sp³-hybridized carbons (Fsp3) is 0.308. The van der Waals surface area contributed by atoms with Gasteiger partial charge in [0, 0.05) is 19.7 Å². The third-order valence-corrected chi connectivity index (χ3v) is 2.73. The summed E-state index contributed by atoms with van der Waals surface area (Å²) in [5, 5.41) is 7.02. The average Bonchev–Trinajstić information content (AvgIpc) is 2.93. The molecule has 2 aromatic rings. The van der Waals surface area contributed by atoms with Crippen LogP contribution in [0.15, 0.2) is 29.3 Å². The highest BCUT2D eigenvalue weighted by Gasteiger charge is 2.06. The Hall–Kier alpha value is -2.57. The van der Waals surface area contributed by atoms with Crippen LogP contribution in [0.3, 0.4) is 0 Å². The van der Waals surface area contributed by atoms with Crippen LogP contribution in [0.4, 0.5) is 0 Å². The van der Waals surface area contributed by atoms with Gasteiger partial charge in [0.25, 0.3) is 0 Å². The number of nitrogens with zero attached hydrogens (tertiary/aromatic N) is 4. The molecule has 7 nitrogen and oxygen atoms in total. The molecule has 0 unspecified atom stereocenters. The first-order valence-electron chi connectivity index (χ1n) is 6.13. The number of nitrogens with one attached hydrogen (secondary N) is 1. The van der Waals surface area contributed by atoms with E-state index in [1.54, 1.807) is 12.0 Å². The molecule has 0 aliphatic rings. The molecule has 0 aliphatic heterocycles. The van der Waals surface area contributed by atoms with Gasteiger partial charge in [-0.15, -0.1) is 0 Å². The zero-order valence-corrected chi connectivity index (χ0v) is 11.8. The van der Waals surface area contributed by atoms with Crippen LogP contribution in [0.2, 0.25) is 0 Å². The first-order chi connectivity index (χ1) is 9.60. The van der Waals surface area contributed by atoms with Crippen LogP contribution >= 0.6 is 0 Å². The lowest BCUT2D eigenvalue weighted by Gasteiger charge is -2.09. The molecule has 1 heterocycles. The Morgan fingerprint density at radius 3 is 2.65 bits per heavy atom. The zero-order chi connectivity index (χ0) is 14.5. The SMILES string of the molecule is COc1ccc(-c2n[nH]c(CN=C(N)N(C)C)n2)cc1. The Morgan fingerprint density at radius 1 is 1.35 bits per heavy atom. The van der Waals surface area contributed by atoms with Crippen LogP contribution in [-0.2, 0) is 6.54 Å². The van der Waals surface area contributed by atoms with E-state index in [1.807, 2.05) is 38.4 Å². The second kappa shape index (κ2) is 6.05. The van der Waals surface area contributed by atoms with Crippen LogP contribution in [-0.4, -0.2) is 47.2 Å². The molecule has 0 spiro atoms. The molecule has 0 bridgehead atoms. The highest BCUT2D eigenvalue weighted by molar-refractivity contribution is 5.77. The van der Waals surface area contributed by atoms with E-state index >= 15 is 0 Å². The summed E-state index contributed by atoms with van der Waals surface area (Å²) in [6.45, 7) is 0.368. The van der Waals surface area contributed by atoms with Gasteiger partial charge in [-0.2, -0.15) is 5.10 Å². The number of guanidine groups is 1. The number of aliphatic imine (C=N–C) groups is 1. The fourth-order valence-corrected chi connectivity index (χ4v) is 1.53. The Morgan fingerprint density at radius 2 is 2.05 bits per heavy atom. The monoisotopic (exact) mass is 274 g/mol. The minimum absolute atomic E-state index is 0.368. The Labute approximate surface area is 117 Å². The number of aromatic nitrogens is 3. The van der Waals surface area contributed by atoms with Gasteiger partial charge in [0.1, 0.15) is 18.1 Å². The van der Waals surface area contributed by atoms with Gasteiger partial charge in [0.15, 0.2) is 11.8 Å². The van der Waals surface area contributed by atoms with Gasteiger partial charge in [-0.25, -0.2) is 9.98 Å². The van der Waals surface area contributed by atoms with Gasteiger partial charge in [-0.05, 0) is 24.3 Å². The van der Waals surface area contributed by atoms with E-state index < -0.39 is 0 Å². The van der Waals surface area contributed by atoms with E-state index in [0.29, 0.717) is 24.2 Å². The summed E-state index contributed by atoms with van der Waals surface area (Å²) in [5.74, 6) is 2.54. The predicted molar refractivity (Wildman–Crippen MR) is 77.4 cm³/mol. The number of hydrogen-bond donors (Lipinski definition) is 2. The molecule has 2 rings (SSSR count). The van der Waals surface area contributed by atoms with Crippen molar-refractivity contribution in [3.63, 3.8) is 0 Å². The van der Waals surface area contributed by atoms with E-state index in [-0.39, 0.29) is 0 Å². The van der Waals surface area contributed by atoms with Gasteiger partial charge in [-0.1, -0.05) is 0 Å². The van der Waals surface area contributed by atoms with E-state index in [1.165, 1.54) is 0 Å². The summed E-state index contributed by atoms with van der Waals surface area (Å²) in [6.07, 6.45) is 0. The lowest BCUT2D eigenvalue weighted by atomic mass is 10.2. The molecule has 3 N–H and O–H groups in total. The minimum Gasteiger partial charge on any atom is -0.497 e. The molecule has 0 fully saturated rings. The summed E-state index contributed by atoms with van der Waals surface area (Å²) in [7, 11) is 5.30.